The lowest BCUT2D eigenvalue weighted by Crippen LogP contribution is -2.41. The van der Waals surface area contributed by atoms with Crippen LogP contribution in [0.4, 0.5) is 4.79 Å². The molecule has 0 spiro atoms. The highest BCUT2D eigenvalue weighted by atomic mass is 16.2. The number of rotatable bonds is 6. The number of piperidine rings is 1. The zero-order valence-corrected chi connectivity index (χ0v) is 16.8. The molecule has 4 heteroatoms. The third-order valence-corrected chi connectivity index (χ3v) is 5.83. The second kappa shape index (κ2) is 9.57. The van der Waals surface area contributed by atoms with Gasteiger partial charge in [0.1, 0.15) is 0 Å². The van der Waals surface area contributed by atoms with Gasteiger partial charge in [-0.15, -0.1) is 0 Å². The van der Waals surface area contributed by atoms with Gasteiger partial charge in [0.05, 0.1) is 0 Å². The number of amides is 2. The van der Waals surface area contributed by atoms with Crippen LogP contribution in [-0.4, -0.2) is 30.6 Å². The Morgan fingerprint density at radius 3 is 2.41 bits per heavy atom. The Hall–Kier alpha value is -2.85. The predicted molar refractivity (Wildman–Crippen MR) is 119 cm³/mol. The van der Waals surface area contributed by atoms with E-state index >= 15 is 0 Å². The highest BCUT2D eigenvalue weighted by molar-refractivity contribution is 5.86. The van der Waals surface area contributed by atoms with Gasteiger partial charge in [0.25, 0.3) is 0 Å². The number of carbonyl (C=O) groups is 1. The van der Waals surface area contributed by atoms with E-state index in [0.717, 1.165) is 44.6 Å². The SMILES string of the molecule is O=C(NCc1cccc2ccccc12)NCC1CCN(Cc2ccccc2)CC1. The molecule has 1 aliphatic heterocycles. The highest BCUT2D eigenvalue weighted by Crippen LogP contribution is 2.19. The largest absolute Gasteiger partial charge is 0.338 e. The Bertz CT molecular complexity index is 928. The summed E-state index contributed by atoms with van der Waals surface area (Å²) in [5.74, 6) is 0.560. The zero-order chi connectivity index (χ0) is 19.9. The van der Waals surface area contributed by atoms with Crippen LogP contribution >= 0.6 is 0 Å². The van der Waals surface area contributed by atoms with Crippen molar-refractivity contribution in [2.24, 2.45) is 5.92 Å². The van der Waals surface area contributed by atoms with Crippen molar-refractivity contribution in [3.05, 3.63) is 83.9 Å². The van der Waals surface area contributed by atoms with Crippen LogP contribution in [0.15, 0.2) is 72.8 Å². The lowest BCUT2D eigenvalue weighted by molar-refractivity contribution is 0.175. The highest BCUT2D eigenvalue weighted by Gasteiger charge is 2.19. The van der Waals surface area contributed by atoms with Crippen LogP contribution in [0.5, 0.6) is 0 Å². The van der Waals surface area contributed by atoms with Gasteiger partial charge in [0, 0.05) is 19.6 Å². The van der Waals surface area contributed by atoms with Crippen LogP contribution in [0.2, 0.25) is 0 Å². The number of benzene rings is 3. The van der Waals surface area contributed by atoms with Crippen LogP contribution < -0.4 is 10.6 Å². The molecule has 3 aromatic rings. The minimum Gasteiger partial charge on any atom is -0.338 e. The van der Waals surface area contributed by atoms with Crippen molar-refractivity contribution >= 4 is 16.8 Å². The summed E-state index contributed by atoms with van der Waals surface area (Å²) >= 11 is 0. The van der Waals surface area contributed by atoms with E-state index in [1.54, 1.807) is 0 Å². The maximum absolute atomic E-state index is 12.3. The van der Waals surface area contributed by atoms with Crippen molar-refractivity contribution in [3.63, 3.8) is 0 Å². The predicted octanol–water partition coefficient (Wildman–Crippen LogP) is 4.55. The number of nitrogens with zero attached hydrogens (tertiary/aromatic N) is 1. The quantitative estimate of drug-likeness (QED) is 0.652. The van der Waals surface area contributed by atoms with Crippen molar-refractivity contribution in [1.29, 1.82) is 0 Å². The Labute approximate surface area is 172 Å². The Morgan fingerprint density at radius 2 is 1.59 bits per heavy atom. The van der Waals surface area contributed by atoms with Gasteiger partial charge in [-0.05, 0) is 53.7 Å². The first-order valence-electron chi connectivity index (χ1n) is 10.5. The molecule has 1 fully saturated rings. The molecule has 0 unspecified atom stereocenters. The monoisotopic (exact) mass is 387 g/mol. The number of hydrogen-bond donors (Lipinski definition) is 2. The fourth-order valence-electron chi connectivity index (χ4n) is 4.11. The second-order valence-corrected chi connectivity index (χ2v) is 7.91. The topological polar surface area (TPSA) is 44.4 Å². The fourth-order valence-corrected chi connectivity index (χ4v) is 4.11. The van der Waals surface area contributed by atoms with Crippen LogP contribution in [0.25, 0.3) is 10.8 Å². The van der Waals surface area contributed by atoms with Gasteiger partial charge < -0.3 is 10.6 Å². The molecule has 1 saturated heterocycles. The van der Waals surface area contributed by atoms with Crippen LogP contribution in [0, 0.1) is 5.92 Å². The van der Waals surface area contributed by atoms with Crippen molar-refractivity contribution in [3.8, 4) is 0 Å². The van der Waals surface area contributed by atoms with E-state index < -0.39 is 0 Å². The number of nitrogens with one attached hydrogen (secondary N) is 2. The zero-order valence-electron chi connectivity index (χ0n) is 16.8. The van der Waals surface area contributed by atoms with Gasteiger partial charge in [-0.1, -0.05) is 72.8 Å². The molecule has 0 atom stereocenters. The van der Waals surface area contributed by atoms with Crippen molar-refractivity contribution in [1.82, 2.24) is 15.5 Å². The standard InChI is InChI=1S/C25H29N3O/c29-25(27-18-23-11-6-10-22-9-4-5-12-24(22)23)26-17-20-13-15-28(16-14-20)19-21-7-2-1-3-8-21/h1-12,20H,13-19H2,(H2,26,27,29). The van der Waals surface area contributed by atoms with E-state index in [-0.39, 0.29) is 6.03 Å². The first-order chi connectivity index (χ1) is 14.3. The van der Waals surface area contributed by atoms with E-state index in [1.807, 2.05) is 18.2 Å². The summed E-state index contributed by atoms with van der Waals surface area (Å²) in [6.07, 6.45) is 2.27. The summed E-state index contributed by atoms with van der Waals surface area (Å²) in [4.78, 5) is 14.8. The van der Waals surface area contributed by atoms with E-state index in [9.17, 15) is 4.79 Å². The molecule has 1 aliphatic rings. The summed E-state index contributed by atoms with van der Waals surface area (Å²) in [6.45, 7) is 4.51. The molecule has 150 valence electrons. The van der Waals surface area contributed by atoms with E-state index in [0.29, 0.717) is 12.5 Å². The van der Waals surface area contributed by atoms with Gasteiger partial charge in [0.2, 0.25) is 0 Å². The molecule has 2 N–H and O–H groups in total. The molecule has 0 radical (unpaired) electrons. The van der Waals surface area contributed by atoms with Crippen molar-refractivity contribution < 1.29 is 4.79 Å². The minimum atomic E-state index is -0.0790. The molecule has 3 aromatic carbocycles. The van der Waals surface area contributed by atoms with Gasteiger partial charge in [0.15, 0.2) is 0 Å². The van der Waals surface area contributed by atoms with E-state index in [2.05, 4.69) is 70.1 Å². The van der Waals surface area contributed by atoms with Crippen LogP contribution in [0.1, 0.15) is 24.0 Å². The van der Waals surface area contributed by atoms with Gasteiger partial charge in [-0.25, -0.2) is 4.79 Å². The normalized spacial score (nSPS) is 15.3. The summed E-state index contributed by atoms with van der Waals surface area (Å²) in [5.41, 5.74) is 2.52. The molecule has 0 aromatic heterocycles. The number of urea groups is 1. The number of hydrogen-bond acceptors (Lipinski definition) is 2. The second-order valence-electron chi connectivity index (χ2n) is 7.91. The van der Waals surface area contributed by atoms with E-state index in [4.69, 9.17) is 0 Å². The summed E-state index contributed by atoms with van der Waals surface area (Å²) in [5, 5.41) is 8.48. The smallest absolute Gasteiger partial charge is 0.315 e. The molecule has 0 bridgehead atoms. The van der Waals surface area contributed by atoms with Crippen LogP contribution in [0.3, 0.4) is 0 Å². The van der Waals surface area contributed by atoms with Crippen molar-refractivity contribution in [2.45, 2.75) is 25.9 Å². The molecule has 4 rings (SSSR count). The summed E-state index contributed by atoms with van der Waals surface area (Å²) in [7, 11) is 0. The molecule has 0 saturated carbocycles. The Balaban J connectivity index is 1.18. The van der Waals surface area contributed by atoms with E-state index in [1.165, 1.54) is 16.3 Å². The molecular weight excluding hydrogens is 358 g/mol. The molecule has 0 aliphatic carbocycles. The third-order valence-electron chi connectivity index (χ3n) is 5.83. The number of carbonyl (C=O) groups excluding carboxylic acids is 1. The maximum Gasteiger partial charge on any atom is 0.315 e. The number of likely N-dealkylation sites (tertiary alicyclic amines) is 1. The average molecular weight is 388 g/mol. The molecule has 29 heavy (non-hydrogen) atoms. The molecule has 2 amide bonds. The maximum atomic E-state index is 12.3. The summed E-state index contributed by atoms with van der Waals surface area (Å²) < 4.78 is 0. The van der Waals surface area contributed by atoms with Crippen LogP contribution in [-0.2, 0) is 13.1 Å². The average Bonchev–Trinajstić information content (AvgIpc) is 2.78. The summed E-state index contributed by atoms with van der Waals surface area (Å²) in [6, 6.07) is 25.1. The lowest BCUT2D eigenvalue weighted by Gasteiger charge is -2.32. The number of fused-ring (bicyclic) bond motifs is 1. The minimum absolute atomic E-state index is 0.0790. The van der Waals surface area contributed by atoms with Gasteiger partial charge in [-0.3, -0.25) is 4.90 Å². The van der Waals surface area contributed by atoms with Gasteiger partial charge >= 0.3 is 6.03 Å². The fraction of sp³-hybridized carbons (Fsp3) is 0.320. The Morgan fingerprint density at radius 1 is 0.862 bits per heavy atom. The third kappa shape index (κ3) is 5.36. The first kappa shape index (κ1) is 19.5. The Kier molecular flexibility index (Phi) is 6.42. The molecule has 4 nitrogen and oxygen atoms in total. The molecule has 1 heterocycles. The van der Waals surface area contributed by atoms with Crippen molar-refractivity contribution in [2.75, 3.05) is 19.6 Å². The van der Waals surface area contributed by atoms with Gasteiger partial charge in [-0.2, -0.15) is 0 Å². The molecular formula is C25H29N3O. The lowest BCUT2D eigenvalue weighted by atomic mass is 9.96. The first-order valence-corrected chi connectivity index (χ1v) is 10.5.